The van der Waals surface area contributed by atoms with Crippen LogP contribution in [0.25, 0.3) is 0 Å². The summed E-state index contributed by atoms with van der Waals surface area (Å²) < 4.78 is 1.79. The monoisotopic (exact) mass is 298 g/mol. The Morgan fingerprint density at radius 2 is 2.11 bits per heavy atom. The first-order valence-electron chi connectivity index (χ1n) is 6.22. The van der Waals surface area contributed by atoms with E-state index in [4.69, 9.17) is 23.2 Å². The Bertz CT molecular complexity index is 539. The van der Waals surface area contributed by atoms with Crippen LogP contribution in [0.4, 0.5) is 0 Å². The van der Waals surface area contributed by atoms with Crippen LogP contribution >= 0.6 is 23.2 Å². The van der Waals surface area contributed by atoms with Gasteiger partial charge in [0.25, 0.3) is 0 Å². The molecule has 2 aromatic rings. The zero-order valence-electron chi connectivity index (χ0n) is 10.7. The first-order valence-corrected chi connectivity index (χ1v) is 6.98. The molecule has 1 aromatic carbocycles. The zero-order chi connectivity index (χ0) is 13.7. The molecule has 0 aliphatic rings. The Morgan fingerprint density at radius 3 is 2.84 bits per heavy atom. The highest BCUT2D eigenvalue weighted by Crippen LogP contribution is 2.22. The highest BCUT2D eigenvalue weighted by Gasteiger charge is 2.03. The number of nitrogens with zero attached hydrogens (tertiary/aromatic N) is 3. The summed E-state index contributed by atoms with van der Waals surface area (Å²) in [5.41, 5.74) is 1.99. The second-order valence-corrected chi connectivity index (χ2v) is 5.15. The van der Waals surface area contributed by atoms with Gasteiger partial charge in [-0.05, 0) is 30.7 Å². The molecule has 1 heterocycles. The van der Waals surface area contributed by atoms with E-state index in [2.05, 4.69) is 22.6 Å². The van der Waals surface area contributed by atoms with Crippen molar-refractivity contribution >= 4 is 23.2 Å². The summed E-state index contributed by atoms with van der Waals surface area (Å²) in [6.45, 7) is 4.50. The van der Waals surface area contributed by atoms with E-state index in [1.165, 1.54) is 0 Å². The van der Waals surface area contributed by atoms with Crippen LogP contribution in [-0.2, 0) is 13.1 Å². The topological polar surface area (TPSA) is 42.7 Å². The number of benzene rings is 1. The maximum absolute atomic E-state index is 5.98. The van der Waals surface area contributed by atoms with Gasteiger partial charge in [-0.3, -0.25) is 0 Å². The van der Waals surface area contributed by atoms with E-state index < -0.39 is 0 Å². The minimum atomic E-state index is 0.559. The fourth-order valence-electron chi connectivity index (χ4n) is 1.72. The molecule has 0 fully saturated rings. The van der Waals surface area contributed by atoms with Crippen molar-refractivity contribution in [2.24, 2.45) is 0 Å². The van der Waals surface area contributed by atoms with Gasteiger partial charge >= 0.3 is 0 Å². The van der Waals surface area contributed by atoms with Gasteiger partial charge in [0.05, 0.1) is 28.5 Å². The van der Waals surface area contributed by atoms with Gasteiger partial charge in [0.15, 0.2) is 0 Å². The standard InChI is InChI=1S/C13H16Cl2N4/c1-2-5-16-7-11-9-19(18-17-11)8-10-3-4-12(14)13(15)6-10/h3-4,6,9,16H,2,5,7-8H2,1H3. The zero-order valence-corrected chi connectivity index (χ0v) is 12.2. The quantitative estimate of drug-likeness (QED) is 0.833. The molecule has 0 amide bonds. The van der Waals surface area contributed by atoms with Gasteiger partial charge in [-0.2, -0.15) is 0 Å². The molecule has 0 radical (unpaired) electrons. The van der Waals surface area contributed by atoms with Gasteiger partial charge in [0.1, 0.15) is 0 Å². The van der Waals surface area contributed by atoms with Crippen molar-refractivity contribution in [3.05, 3.63) is 45.7 Å². The average molecular weight is 299 g/mol. The van der Waals surface area contributed by atoms with Crippen LogP contribution in [0.15, 0.2) is 24.4 Å². The Morgan fingerprint density at radius 1 is 1.26 bits per heavy atom. The van der Waals surface area contributed by atoms with Crippen LogP contribution in [-0.4, -0.2) is 21.5 Å². The third-order valence-corrected chi connectivity index (χ3v) is 3.39. The molecule has 19 heavy (non-hydrogen) atoms. The minimum Gasteiger partial charge on any atom is -0.311 e. The smallest absolute Gasteiger partial charge is 0.0964 e. The van der Waals surface area contributed by atoms with Crippen molar-refractivity contribution in [2.45, 2.75) is 26.4 Å². The first-order chi connectivity index (χ1) is 9.19. The van der Waals surface area contributed by atoms with Gasteiger partial charge in [-0.1, -0.05) is 41.4 Å². The maximum atomic E-state index is 5.98. The van der Waals surface area contributed by atoms with Crippen molar-refractivity contribution in [1.82, 2.24) is 20.3 Å². The second-order valence-electron chi connectivity index (χ2n) is 4.33. The molecule has 1 N–H and O–H groups in total. The highest BCUT2D eigenvalue weighted by molar-refractivity contribution is 6.42. The van der Waals surface area contributed by atoms with Crippen LogP contribution in [0.2, 0.25) is 10.0 Å². The molecule has 0 unspecified atom stereocenters. The van der Waals surface area contributed by atoms with Gasteiger partial charge in [0.2, 0.25) is 0 Å². The summed E-state index contributed by atoms with van der Waals surface area (Å²) in [6.07, 6.45) is 3.04. The fourth-order valence-corrected chi connectivity index (χ4v) is 2.04. The Kier molecular flexibility index (Phi) is 5.19. The normalized spacial score (nSPS) is 10.9. The summed E-state index contributed by atoms with van der Waals surface area (Å²) in [5, 5.41) is 12.6. The van der Waals surface area contributed by atoms with Crippen LogP contribution in [0.1, 0.15) is 24.6 Å². The van der Waals surface area contributed by atoms with E-state index in [1.54, 1.807) is 10.7 Å². The molecule has 0 saturated carbocycles. The second kappa shape index (κ2) is 6.89. The number of rotatable bonds is 6. The third kappa shape index (κ3) is 4.20. The molecular weight excluding hydrogens is 283 g/mol. The lowest BCUT2D eigenvalue weighted by Crippen LogP contribution is -2.13. The predicted molar refractivity (Wildman–Crippen MR) is 77.6 cm³/mol. The van der Waals surface area contributed by atoms with Crippen LogP contribution in [0, 0.1) is 0 Å². The Hall–Kier alpha value is -1.10. The van der Waals surface area contributed by atoms with E-state index in [0.717, 1.165) is 30.8 Å². The number of aromatic nitrogens is 3. The molecule has 2 rings (SSSR count). The summed E-state index contributed by atoms with van der Waals surface area (Å²) in [6, 6.07) is 5.57. The van der Waals surface area contributed by atoms with Crippen LogP contribution in [0.3, 0.4) is 0 Å². The molecule has 0 spiro atoms. The average Bonchev–Trinajstić information content (AvgIpc) is 2.82. The lowest BCUT2D eigenvalue weighted by atomic mass is 10.2. The van der Waals surface area contributed by atoms with Crippen molar-refractivity contribution in [3.63, 3.8) is 0 Å². The molecular formula is C13H16Cl2N4. The summed E-state index contributed by atoms with van der Waals surface area (Å²) in [7, 11) is 0. The van der Waals surface area contributed by atoms with E-state index in [9.17, 15) is 0 Å². The molecule has 0 aliphatic heterocycles. The molecule has 1 aromatic heterocycles. The lowest BCUT2D eigenvalue weighted by Gasteiger charge is -2.02. The number of halogens is 2. The molecule has 0 aliphatic carbocycles. The van der Waals surface area contributed by atoms with Crippen LogP contribution in [0.5, 0.6) is 0 Å². The largest absolute Gasteiger partial charge is 0.311 e. The predicted octanol–water partition coefficient (Wildman–Crippen LogP) is 3.13. The van der Waals surface area contributed by atoms with E-state index in [-0.39, 0.29) is 0 Å². The minimum absolute atomic E-state index is 0.559. The summed E-state index contributed by atoms with van der Waals surface area (Å²) in [4.78, 5) is 0. The van der Waals surface area contributed by atoms with Crippen LogP contribution < -0.4 is 5.32 Å². The molecule has 0 bridgehead atoms. The fraction of sp³-hybridized carbons (Fsp3) is 0.385. The van der Waals surface area contributed by atoms with Gasteiger partial charge in [-0.25, -0.2) is 4.68 Å². The number of nitrogens with one attached hydrogen (secondary N) is 1. The van der Waals surface area contributed by atoms with E-state index >= 15 is 0 Å². The van der Waals surface area contributed by atoms with Crippen molar-refractivity contribution in [2.75, 3.05) is 6.54 Å². The third-order valence-electron chi connectivity index (χ3n) is 2.65. The van der Waals surface area contributed by atoms with Gasteiger partial charge in [0, 0.05) is 6.54 Å². The van der Waals surface area contributed by atoms with E-state index in [1.807, 2.05) is 18.3 Å². The molecule has 6 heteroatoms. The molecule has 102 valence electrons. The van der Waals surface area contributed by atoms with Crippen molar-refractivity contribution < 1.29 is 0 Å². The van der Waals surface area contributed by atoms with E-state index in [0.29, 0.717) is 16.6 Å². The molecule has 4 nitrogen and oxygen atoms in total. The van der Waals surface area contributed by atoms with Gasteiger partial charge < -0.3 is 5.32 Å². The maximum Gasteiger partial charge on any atom is 0.0964 e. The SMILES string of the molecule is CCCNCc1cn(Cc2ccc(Cl)c(Cl)c2)nn1. The Balaban J connectivity index is 1.97. The summed E-state index contributed by atoms with van der Waals surface area (Å²) in [5.74, 6) is 0. The Labute approximate surface area is 122 Å². The van der Waals surface area contributed by atoms with Gasteiger partial charge in [-0.15, -0.1) is 5.10 Å². The molecule has 0 saturated heterocycles. The summed E-state index contributed by atoms with van der Waals surface area (Å²) >= 11 is 11.9. The first kappa shape index (κ1) is 14.3. The molecule has 0 atom stereocenters. The van der Waals surface area contributed by atoms with Crippen molar-refractivity contribution in [1.29, 1.82) is 0 Å². The number of hydrogen-bond donors (Lipinski definition) is 1. The number of hydrogen-bond acceptors (Lipinski definition) is 3. The lowest BCUT2D eigenvalue weighted by molar-refractivity contribution is 0.645. The van der Waals surface area contributed by atoms with Crippen molar-refractivity contribution in [3.8, 4) is 0 Å². The highest BCUT2D eigenvalue weighted by atomic mass is 35.5.